The predicted octanol–water partition coefficient (Wildman–Crippen LogP) is 4.14. The molecule has 24 heavy (non-hydrogen) atoms. The van der Waals surface area contributed by atoms with E-state index in [1.54, 1.807) is 0 Å². The predicted molar refractivity (Wildman–Crippen MR) is 98.6 cm³/mol. The van der Waals surface area contributed by atoms with Crippen molar-refractivity contribution in [3.05, 3.63) is 60.3 Å². The summed E-state index contributed by atoms with van der Waals surface area (Å²) in [7, 11) is 0. The number of urea groups is 1. The van der Waals surface area contributed by atoms with Gasteiger partial charge in [-0.05, 0) is 30.2 Å². The van der Waals surface area contributed by atoms with Crippen LogP contribution in [0.3, 0.4) is 0 Å². The van der Waals surface area contributed by atoms with Crippen molar-refractivity contribution in [2.75, 3.05) is 11.9 Å². The molecule has 0 radical (unpaired) electrons. The molecule has 0 saturated heterocycles. The summed E-state index contributed by atoms with van der Waals surface area (Å²) < 4.78 is 1.06. The number of aromatic nitrogens is 2. The molecule has 2 heterocycles. The number of rotatable bonds is 4. The van der Waals surface area contributed by atoms with E-state index in [0.29, 0.717) is 11.7 Å². The number of fused-ring (bicyclic) bond motifs is 2. The smallest absolute Gasteiger partial charge is 0.321 e. The van der Waals surface area contributed by atoms with Crippen LogP contribution in [0.25, 0.3) is 21.1 Å². The average Bonchev–Trinajstić information content (AvgIpc) is 3.18. The number of hydrogen-bond donors (Lipinski definition) is 3. The van der Waals surface area contributed by atoms with E-state index in [-0.39, 0.29) is 6.03 Å². The van der Waals surface area contributed by atoms with Gasteiger partial charge in [0, 0.05) is 23.6 Å². The van der Waals surface area contributed by atoms with Gasteiger partial charge < -0.3 is 10.3 Å². The number of carbonyl (C=O) groups is 1. The van der Waals surface area contributed by atoms with E-state index in [0.717, 1.165) is 22.2 Å². The Hall–Kier alpha value is -2.86. The van der Waals surface area contributed by atoms with E-state index < -0.39 is 0 Å². The Bertz CT molecular complexity index is 971. The number of nitrogens with zero attached hydrogens (tertiary/aromatic N) is 1. The molecule has 3 N–H and O–H groups in total. The van der Waals surface area contributed by atoms with Crippen LogP contribution in [0.2, 0.25) is 0 Å². The van der Waals surface area contributed by atoms with Gasteiger partial charge in [0.05, 0.1) is 10.2 Å². The average molecular weight is 336 g/mol. The number of para-hydroxylation sites is 2. The van der Waals surface area contributed by atoms with Crippen molar-refractivity contribution in [3.8, 4) is 0 Å². The Labute approximate surface area is 142 Å². The number of amides is 2. The minimum absolute atomic E-state index is 0.228. The highest BCUT2D eigenvalue weighted by Gasteiger charge is 2.08. The summed E-state index contributed by atoms with van der Waals surface area (Å²) >= 11 is 1.47. The van der Waals surface area contributed by atoms with Gasteiger partial charge in [-0.3, -0.25) is 5.32 Å². The first kappa shape index (κ1) is 14.7. The summed E-state index contributed by atoms with van der Waals surface area (Å²) in [6, 6.07) is 15.8. The SMILES string of the molecule is O=C(NCCc1c[nH]c2ccccc12)Nc1nc2ccccc2s1. The molecule has 0 unspecified atom stereocenters. The Morgan fingerprint density at radius 3 is 2.88 bits per heavy atom. The van der Waals surface area contributed by atoms with Gasteiger partial charge >= 0.3 is 6.03 Å². The summed E-state index contributed by atoms with van der Waals surface area (Å²) in [5.74, 6) is 0. The summed E-state index contributed by atoms with van der Waals surface area (Å²) in [5, 5.41) is 7.49. The van der Waals surface area contributed by atoms with E-state index in [1.807, 2.05) is 48.7 Å². The molecular weight excluding hydrogens is 320 g/mol. The van der Waals surface area contributed by atoms with Crippen molar-refractivity contribution < 1.29 is 4.79 Å². The van der Waals surface area contributed by atoms with Crippen LogP contribution in [0.4, 0.5) is 9.93 Å². The van der Waals surface area contributed by atoms with E-state index in [9.17, 15) is 4.79 Å². The number of carbonyl (C=O) groups excluding carboxylic acids is 1. The van der Waals surface area contributed by atoms with Crippen molar-refractivity contribution in [1.82, 2.24) is 15.3 Å². The van der Waals surface area contributed by atoms with E-state index in [1.165, 1.54) is 22.3 Å². The maximum atomic E-state index is 12.0. The van der Waals surface area contributed by atoms with Crippen LogP contribution in [0, 0.1) is 0 Å². The second kappa shape index (κ2) is 6.33. The van der Waals surface area contributed by atoms with Gasteiger partial charge in [0.15, 0.2) is 5.13 Å². The molecule has 2 aromatic heterocycles. The van der Waals surface area contributed by atoms with Crippen LogP contribution in [-0.2, 0) is 6.42 Å². The fraction of sp³-hybridized carbons (Fsp3) is 0.111. The van der Waals surface area contributed by atoms with Gasteiger partial charge in [-0.15, -0.1) is 0 Å². The van der Waals surface area contributed by atoms with Crippen molar-refractivity contribution in [1.29, 1.82) is 0 Å². The van der Waals surface area contributed by atoms with Gasteiger partial charge in [0.1, 0.15) is 0 Å². The molecule has 0 bridgehead atoms. The lowest BCUT2D eigenvalue weighted by molar-refractivity contribution is 0.252. The summed E-state index contributed by atoms with van der Waals surface area (Å²) in [6.45, 7) is 0.568. The molecule has 0 aliphatic heterocycles. The van der Waals surface area contributed by atoms with Crippen LogP contribution < -0.4 is 10.6 Å². The largest absolute Gasteiger partial charge is 0.361 e. The minimum atomic E-state index is -0.228. The normalized spacial score (nSPS) is 11.0. The van der Waals surface area contributed by atoms with Crippen LogP contribution >= 0.6 is 11.3 Å². The second-order valence-corrected chi connectivity index (χ2v) is 6.51. The molecule has 0 atom stereocenters. The van der Waals surface area contributed by atoms with Crippen molar-refractivity contribution >= 4 is 43.6 Å². The molecule has 6 heteroatoms. The molecule has 2 aromatic carbocycles. The van der Waals surface area contributed by atoms with Gasteiger partial charge in [-0.25, -0.2) is 9.78 Å². The molecule has 0 aliphatic carbocycles. The lowest BCUT2D eigenvalue weighted by atomic mass is 10.1. The fourth-order valence-electron chi connectivity index (χ4n) is 2.72. The molecule has 0 fully saturated rings. The van der Waals surface area contributed by atoms with Crippen molar-refractivity contribution in [2.45, 2.75) is 6.42 Å². The maximum Gasteiger partial charge on any atom is 0.321 e. The lowest BCUT2D eigenvalue weighted by Crippen LogP contribution is -2.30. The molecule has 4 rings (SSSR count). The number of anilines is 1. The Morgan fingerprint density at radius 1 is 1.12 bits per heavy atom. The lowest BCUT2D eigenvalue weighted by Gasteiger charge is -2.04. The molecule has 0 spiro atoms. The molecule has 5 nitrogen and oxygen atoms in total. The molecule has 0 aliphatic rings. The van der Waals surface area contributed by atoms with E-state index >= 15 is 0 Å². The molecule has 0 saturated carbocycles. The molecule has 120 valence electrons. The fourth-order valence-corrected chi connectivity index (χ4v) is 3.58. The number of H-pyrrole nitrogens is 1. The van der Waals surface area contributed by atoms with Crippen LogP contribution in [0.15, 0.2) is 54.7 Å². The van der Waals surface area contributed by atoms with E-state index in [2.05, 4.69) is 26.7 Å². The summed E-state index contributed by atoms with van der Waals surface area (Å²) in [5.41, 5.74) is 3.22. The van der Waals surface area contributed by atoms with Gasteiger partial charge in [-0.1, -0.05) is 41.7 Å². The maximum absolute atomic E-state index is 12.0. The number of thiazole rings is 1. The van der Waals surface area contributed by atoms with Crippen molar-refractivity contribution in [3.63, 3.8) is 0 Å². The van der Waals surface area contributed by atoms with Crippen LogP contribution in [-0.4, -0.2) is 22.5 Å². The number of benzene rings is 2. The highest BCUT2D eigenvalue weighted by Crippen LogP contribution is 2.25. The second-order valence-electron chi connectivity index (χ2n) is 5.48. The molecular formula is C18H16N4OS. The molecule has 2 amide bonds. The third-order valence-electron chi connectivity index (χ3n) is 3.87. The highest BCUT2D eigenvalue weighted by molar-refractivity contribution is 7.22. The van der Waals surface area contributed by atoms with Gasteiger partial charge in [-0.2, -0.15) is 0 Å². The summed E-state index contributed by atoms with van der Waals surface area (Å²) in [6.07, 6.45) is 2.77. The zero-order valence-corrected chi connectivity index (χ0v) is 13.7. The van der Waals surface area contributed by atoms with Gasteiger partial charge in [0.2, 0.25) is 0 Å². The number of aromatic amines is 1. The quantitative estimate of drug-likeness (QED) is 0.524. The topological polar surface area (TPSA) is 69.8 Å². The third kappa shape index (κ3) is 2.96. The highest BCUT2D eigenvalue weighted by atomic mass is 32.1. The Morgan fingerprint density at radius 2 is 1.96 bits per heavy atom. The van der Waals surface area contributed by atoms with Crippen LogP contribution in [0.1, 0.15) is 5.56 Å². The summed E-state index contributed by atoms with van der Waals surface area (Å²) in [4.78, 5) is 19.7. The first-order valence-corrected chi connectivity index (χ1v) is 8.57. The minimum Gasteiger partial charge on any atom is -0.361 e. The first-order chi connectivity index (χ1) is 11.8. The third-order valence-corrected chi connectivity index (χ3v) is 4.82. The zero-order chi connectivity index (χ0) is 16.4. The standard InChI is InChI=1S/C18H16N4OS/c23-17(22-18-21-15-7-3-4-8-16(15)24-18)19-10-9-12-11-20-14-6-2-1-5-13(12)14/h1-8,11,20H,9-10H2,(H2,19,21,22,23). The van der Waals surface area contributed by atoms with Crippen LogP contribution in [0.5, 0.6) is 0 Å². The zero-order valence-electron chi connectivity index (χ0n) is 12.9. The molecule has 4 aromatic rings. The van der Waals surface area contributed by atoms with Crippen molar-refractivity contribution in [2.24, 2.45) is 0 Å². The Kier molecular flexibility index (Phi) is 3.88. The van der Waals surface area contributed by atoms with Gasteiger partial charge in [0.25, 0.3) is 0 Å². The first-order valence-electron chi connectivity index (χ1n) is 7.75. The number of nitrogens with one attached hydrogen (secondary N) is 3. The van der Waals surface area contributed by atoms with E-state index in [4.69, 9.17) is 0 Å². The number of hydrogen-bond acceptors (Lipinski definition) is 3. The monoisotopic (exact) mass is 336 g/mol. The Balaban J connectivity index is 1.35.